The summed E-state index contributed by atoms with van der Waals surface area (Å²) in [7, 11) is 3.00. The average Bonchev–Trinajstić information content (AvgIpc) is 3.15. The SMILES string of the molecule is COc1ccc(NC(=O)CN2C(=O)S/C(=C/c3cc(Br)c(OCc4ccccc4)c(OC)c3)C2=O)cc1Cl. The van der Waals surface area contributed by atoms with Gasteiger partial charge in [-0.1, -0.05) is 41.9 Å². The molecule has 3 amide bonds. The summed E-state index contributed by atoms with van der Waals surface area (Å²) in [6.07, 6.45) is 1.57. The van der Waals surface area contributed by atoms with Crippen LogP contribution in [0, 0.1) is 0 Å². The molecule has 196 valence electrons. The van der Waals surface area contributed by atoms with Gasteiger partial charge in [0.05, 0.1) is 28.6 Å². The third kappa shape index (κ3) is 6.50. The van der Waals surface area contributed by atoms with Crippen LogP contribution in [0.2, 0.25) is 5.02 Å². The number of methoxy groups -OCH3 is 2. The van der Waals surface area contributed by atoms with Crippen LogP contribution in [-0.2, 0) is 16.2 Å². The van der Waals surface area contributed by atoms with Gasteiger partial charge in [0, 0.05) is 5.69 Å². The number of carbonyl (C=O) groups excluding carboxylic acids is 3. The Balaban J connectivity index is 1.45. The molecule has 3 aromatic carbocycles. The Morgan fingerprint density at radius 3 is 2.47 bits per heavy atom. The number of imide groups is 1. The number of rotatable bonds is 9. The van der Waals surface area contributed by atoms with E-state index < -0.39 is 23.6 Å². The number of anilines is 1. The molecule has 38 heavy (non-hydrogen) atoms. The Labute approximate surface area is 237 Å². The summed E-state index contributed by atoms with van der Waals surface area (Å²) in [6, 6.07) is 17.9. The Morgan fingerprint density at radius 2 is 1.79 bits per heavy atom. The van der Waals surface area contributed by atoms with Crippen LogP contribution < -0.4 is 19.5 Å². The second-order valence-electron chi connectivity index (χ2n) is 7.97. The molecule has 0 unspecified atom stereocenters. The minimum atomic E-state index is -0.567. The molecule has 1 aliphatic heterocycles. The van der Waals surface area contributed by atoms with Crippen LogP contribution in [0.3, 0.4) is 0 Å². The maximum Gasteiger partial charge on any atom is 0.294 e. The summed E-state index contributed by atoms with van der Waals surface area (Å²) >= 11 is 10.4. The molecule has 1 saturated heterocycles. The van der Waals surface area contributed by atoms with E-state index in [4.69, 9.17) is 25.8 Å². The highest BCUT2D eigenvalue weighted by Crippen LogP contribution is 2.39. The highest BCUT2D eigenvalue weighted by atomic mass is 79.9. The molecule has 0 atom stereocenters. The van der Waals surface area contributed by atoms with Crippen LogP contribution in [0.4, 0.5) is 10.5 Å². The molecule has 0 spiro atoms. The smallest absolute Gasteiger partial charge is 0.294 e. The quantitative estimate of drug-likeness (QED) is 0.279. The molecule has 1 fully saturated rings. The van der Waals surface area contributed by atoms with Crippen molar-refractivity contribution in [1.82, 2.24) is 4.90 Å². The van der Waals surface area contributed by atoms with E-state index in [0.29, 0.717) is 44.6 Å². The Bertz CT molecular complexity index is 1420. The standard InChI is InChI=1S/C27H22BrClN2O6S/c1-35-21-9-8-18(13-20(21)29)30-24(32)14-31-26(33)23(38-27(31)34)12-17-10-19(28)25(22(11-17)36-2)37-15-16-6-4-3-5-7-16/h3-13H,14-15H2,1-2H3,(H,30,32)/b23-12+. The Morgan fingerprint density at radius 1 is 1.05 bits per heavy atom. The van der Waals surface area contributed by atoms with Gasteiger partial charge in [0.1, 0.15) is 18.9 Å². The van der Waals surface area contributed by atoms with Gasteiger partial charge in [-0.05, 0) is 75.2 Å². The minimum Gasteiger partial charge on any atom is -0.495 e. The van der Waals surface area contributed by atoms with Gasteiger partial charge in [-0.25, -0.2) is 0 Å². The molecule has 1 N–H and O–H groups in total. The van der Waals surface area contributed by atoms with Crippen LogP contribution in [0.5, 0.6) is 17.2 Å². The maximum absolute atomic E-state index is 12.9. The zero-order chi connectivity index (χ0) is 27.2. The van der Waals surface area contributed by atoms with Gasteiger partial charge in [-0.15, -0.1) is 0 Å². The number of ether oxygens (including phenoxy) is 3. The summed E-state index contributed by atoms with van der Waals surface area (Å²) < 4.78 is 17.2. The lowest BCUT2D eigenvalue weighted by molar-refractivity contribution is -0.127. The second-order valence-corrected chi connectivity index (χ2v) is 10.2. The fourth-order valence-electron chi connectivity index (χ4n) is 3.57. The van der Waals surface area contributed by atoms with Crippen LogP contribution in [0.1, 0.15) is 11.1 Å². The fourth-order valence-corrected chi connectivity index (χ4v) is 5.24. The molecular formula is C27H22BrClN2O6S. The van der Waals surface area contributed by atoms with E-state index >= 15 is 0 Å². The van der Waals surface area contributed by atoms with Crippen molar-refractivity contribution in [2.24, 2.45) is 0 Å². The number of nitrogens with zero attached hydrogens (tertiary/aromatic N) is 1. The number of halogens is 2. The first kappa shape index (κ1) is 27.6. The van der Waals surface area contributed by atoms with Crippen molar-refractivity contribution in [1.29, 1.82) is 0 Å². The molecule has 1 aliphatic rings. The molecule has 8 nitrogen and oxygen atoms in total. The zero-order valence-electron chi connectivity index (χ0n) is 20.3. The molecule has 1 heterocycles. The number of hydrogen-bond acceptors (Lipinski definition) is 7. The van der Waals surface area contributed by atoms with Crippen molar-refractivity contribution in [3.05, 3.63) is 86.2 Å². The van der Waals surface area contributed by atoms with Crippen molar-refractivity contribution in [2.75, 3.05) is 26.1 Å². The summed E-state index contributed by atoms with van der Waals surface area (Å²) in [4.78, 5) is 39.1. The molecule has 0 saturated carbocycles. The second kappa shape index (κ2) is 12.4. The minimum absolute atomic E-state index is 0.183. The normalized spacial score (nSPS) is 14.1. The zero-order valence-corrected chi connectivity index (χ0v) is 23.5. The molecular weight excluding hydrogens is 596 g/mol. The predicted octanol–water partition coefficient (Wildman–Crippen LogP) is 6.37. The third-order valence-electron chi connectivity index (χ3n) is 5.39. The number of amides is 3. The van der Waals surface area contributed by atoms with Crippen molar-refractivity contribution in [3.63, 3.8) is 0 Å². The van der Waals surface area contributed by atoms with Crippen LogP contribution in [0.25, 0.3) is 6.08 Å². The number of benzene rings is 3. The molecule has 4 rings (SSSR count). The molecule has 0 aliphatic carbocycles. The largest absolute Gasteiger partial charge is 0.495 e. The number of thioether (sulfide) groups is 1. The number of hydrogen-bond donors (Lipinski definition) is 1. The van der Waals surface area contributed by atoms with Crippen molar-refractivity contribution in [2.45, 2.75) is 6.61 Å². The first-order chi connectivity index (χ1) is 18.3. The summed E-state index contributed by atoms with van der Waals surface area (Å²) in [5.41, 5.74) is 2.02. The van der Waals surface area contributed by atoms with Gasteiger partial charge in [0.25, 0.3) is 11.1 Å². The Hall–Kier alpha value is -3.47. The van der Waals surface area contributed by atoms with E-state index in [2.05, 4.69) is 21.2 Å². The number of nitrogens with one attached hydrogen (secondary N) is 1. The highest BCUT2D eigenvalue weighted by molar-refractivity contribution is 9.10. The van der Waals surface area contributed by atoms with Gasteiger partial charge >= 0.3 is 0 Å². The first-order valence-electron chi connectivity index (χ1n) is 11.2. The monoisotopic (exact) mass is 616 g/mol. The van der Waals surface area contributed by atoms with Gasteiger partial charge in [0.2, 0.25) is 5.91 Å². The average molecular weight is 618 g/mol. The van der Waals surface area contributed by atoms with E-state index in [1.807, 2.05) is 30.3 Å². The lowest BCUT2D eigenvalue weighted by Crippen LogP contribution is -2.36. The third-order valence-corrected chi connectivity index (χ3v) is 7.18. The summed E-state index contributed by atoms with van der Waals surface area (Å²) in [5, 5.41) is 2.40. The Kier molecular flexibility index (Phi) is 8.98. The first-order valence-corrected chi connectivity index (χ1v) is 13.2. The van der Waals surface area contributed by atoms with Gasteiger partial charge in [-0.2, -0.15) is 0 Å². The van der Waals surface area contributed by atoms with Crippen LogP contribution in [-0.4, -0.2) is 42.7 Å². The van der Waals surface area contributed by atoms with Crippen LogP contribution in [0.15, 0.2) is 70.0 Å². The van der Waals surface area contributed by atoms with Crippen molar-refractivity contribution < 1.29 is 28.6 Å². The highest BCUT2D eigenvalue weighted by Gasteiger charge is 2.36. The van der Waals surface area contributed by atoms with E-state index in [0.717, 1.165) is 22.2 Å². The van der Waals surface area contributed by atoms with E-state index in [-0.39, 0.29) is 4.91 Å². The molecule has 3 aromatic rings. The van der Waals surface area contributed by atoms with E-state index in [1.54, 1.807) is 30.3 Å². The topological polar surface area (TPSA) is 94.2 Å². The van der Waals surface area contributed by atoms with Gasteiger partial charge in [0.15, 0.2) is 11.5 Å². The molecule has 0 aromatic heterocycles. The molecule has 0 radical (unpaired) electrons. The molecule has 11 heteroatoms. The summed E-state index contributed by atoms with van der Waals surface area (Å²) in [6.45, 7) is -0.0935. The van der Waals surface area contributed by atoms with E-state index in [9.17, 15) is 14.4 Å². The van der Waals surface area contributed by atoms with Crippen LogP contribution >= 0.6 is 39.3 Å². The van der Waals surface area contributed by atoms with Crippen molar-refractivity contribution >= 4 is 68.1 Å². The lowest BCUT2D eigenvalue weighted by Gasteiger charge is -2.14. The predicted molar refractivity (Wildman–Crippen MR) is 151 cm³/mol. The number of carbonyl (C=O) groups is 3. The summed E-state index contributed by atoms with van der Waals surface area (Å²) in [5.74, 6) is 0.316. The maximum atomic E-state index is 12.9. The van der Waals surface area contributed by atoms with Gasteiger partial charge in [-0.3, -0.25) is 19.3 Å². The van der Waals surface area contributed by atoms with Crippen molar-refractivity contribution in [3.8, 4) is 17.2 Å². The van der Waals surface area contributed by atoms with Gasteiger partial charge < -0.3 is 19.5 Å². The molecule has 0 bridgehead atoms. The lowest BCUT2D eigenvalue weighted by atomic mass is 10.1. The van der Waals surface area contributed by atoms with E-state index in [1.165, 1.54) is 20.3 Å². The fraction of sp³-hybridized carbons (Fsp3) is 0.148.